The fourth-order valence-electron chi connectivity index (χ4n) is 2.92. The van der Waals surface area contributed by atoms with Crippen molar-refractivity contribution in [2.75, 3.05) is 12.4 Å². The number of halogens is 1. The molecule has 2 N–H and O–H groups in total. The van der Waals surface area contributed by atoms with Gasteiger partial charge in [0, 0.05) is 4.88 Å². The number of anilines is 1. The second-order valence-electron chi connectivity index (χ2n) is 5.79. The summed E-state index contributed by atoms with van der Waals surface area (Å²) in [6, 6.07) is 5.61. The largest absolute Gasteiger partial charge is 0.453 e. The summed E-state index contributed by atoms with van der Waals surface area (Å²) in [6.07, 6.45) is 2.52. The highest BCUT2D eigenvalue weighted by molar-refractivity contribution is 7.17. The molecule has 26 heavy (non-hydrogen) atoms. The molecule has 0 fully saturated rings. The molecule has 3 amide bonds. The number of methoxy groups -OCH3 is 1. The van der Waals surface area contributed by atoms with E-state index in [-0.39, 0.29) is 11.1 Å². The van der Waals surface area contributed by atoms with Gasteiger partial charge in [0.25, 0.3) is 11.8 Å². The number of thiophene rings is 1. The van der Waals surface area contributed by atoms with E-state index in [0.717, 1.165) is 36.8 Å². The number of aryl methyl sites for hydroxylation is 1. The molecule has 136 valence electrons. The van der Waals surface area contributed by atoms with Crippen LogP contribution in [-0.2, 0) is 17.6 Å². The van der Waals surface area contributed by atoms with Gasteiger partial charge in [0.2, 0.25) is 0 Å². The molecule has 0 saturated heterocycles. The number of hydrogen-bond acceptors (Lipinski definition) is 5. The van der Waals surface area contributed by atoms with Crippen molar-refractivity contribution in [1.82, 2.24) is 5.32 Å². The molecule has 1 aromatic carbocycles. The molecule has 0 atom stereocenters. The lowest BCUT2D eigenvalue weighted by Gasteiger charge is -2.12. The van der Waals surface area contributed by atoms with Crippen LogP contribution in [0.4, 0.5) is 14.2 Å². The molecule has 1 aromatic heterocycles. The number of ether oxygens (including phenoxy) is 1. The van der Waals surface area contributed by atoms with Crippen LogP contribution in [0.25, 0.3) is 0 Å². The fraction of sp³-hybridized carbons (Fsp3) is 0.278. The van der Waals surface area contributed by atoms with Gasteiger partial charge in [0.05, 0.1) is 18.2 Å². The smallest absolute Gasteiger partial charge is 0.413 e. The van der Waals surface area contributed by atoms with Gasteiger partial charge < -0.3 is 10.1 Å². The van der Waals surface area contributed by atoms with E-state index in [1.807, 2.05) is 0 Å². The minimum absolute atomic E-state index is 0.113. The molecule has 8 heteroatoms. The summed E-state index contributed by atoms with van der Waals surface area (Å²) in [5.41, 5.74) is 0.962. The van der Waals surface area contributed by atoms with Crippen LogP contribution in [0.2, 0.25) is 0 Å². The Labute approximate surface area is 153 Å². The van der Waals surface area contributed by atoms with Crippen LogP contribution >= 0.6 is 11.3 Å². The topological polar surface area (TPSA) is 84.5 Å². The van der Waals surface area contributed by atoms with Crippen LogP contribution in [0, 0.1) is 5.82 Å². The van der Waals surface area contributed by atoms with Crippen molar-refractivity contribution in [3.05, 3.63) is 51.7 Å². The normalized spacial score (nSPS) is 12.8. The number of benzene rings is 1. The lowest BCUT2D eigenvalue weighted by molar-refractivity contribution is 0.0937. The predicted octanol–water partition coefficient (Wildman–Crippen LogP) is 3.51. The van der Waals surface area contributed by atoms with Crippen molar-refractivity contribution in [2.24, 2.45) is 0 Å². The average Bonchev–Trinajstić information content (AvgIpc) is 2.99. The highest BCUT2D eigenvalue weighted by Gasteiger charge is 2.28. The summed E-state index contributed by atoms with van der Waals surface area (Å²) in [5, 5.41) is 5.06. The molecule has 6 nitrogen and oxygen atoms in total. The zero-order chi connectivity index (χ0) is 18.7. The van der Waals surface area contributed by atoms with Crippen LogP contribution in [-0.4, -0.2) is 25.0 Å². The summed E-state index contributed by atoms with van der Waals surface area (Å²) in [7, 11) is 1.16. The minimum Gasteiger partial charge on any atom is -0.453 e. The molecule has 0 bridgehead atoms. The first kappa shape index (κ1) is 18.1. The zero-order valence-corrected chi connectivity index (χ0v) is 14.9. The molecular weight excluding hydrogens is 359 g/mol. The Morgan fingerprint density at radius 3 is 2.58 bits per heavy atom. The number of carbonyl (C=O) groups excluding carboxylic acids is 3. The van der Waals surface area contributed by atoms with Gasteiger partial charge in [-0.15, -0.1) is 11.3 Å². The number of fused-ring (bicyclic) bond motifs is 1. The summed E-state index contributed by atoms with van der Waals surface area (Å²) >= 11 is 1.29. The number of imide groups is 1. The van der Waals surface area contributed by atoms with E-state index in [0.29, 0.717) is 11.4 Å². The molecular formula is C18H17FN2O4S. The van der Waals surface area contributed by atoms with Gasteiger partial charge in [-0.1, -0.05) is 12.1 Å². The van der Waals surface area contributed by atoms with Crippen molar-refractivity contribution >= 4 is 34.2 Å². The Morgan fingerprint density at radius 1 is 1.12 bits per heavy atom. The number of carbonyl (C=O) groups is 3. The Bertz CT molecular complexity index is 878. The van der Waals surface area contributed by atoms with E-state index >= 15 is 0 Å². The summed E-state index contributed by atoms with van der Waals surface area (Å²) in [5.74, 6) is -1.93. The Balaban J connectivity index is 1.94. The van der Waals surface area contributed by atoms with Crippen molar-refractivity contribution in [3.8, 4) is 0 Å². The Hall–Kier alpha value is -2.74. The van der Waals surface area contributed by atoms with Gasteiger partial charge in [-0.25, -0.2) is 9.18 Å². The zero-order valence-electron chi connectivity index (χ0n) is 14.1. The third kappa shape index (κ3) is 3.60. The molecule has 0 spiro atoms. The number of amides is 3. The molecule has 0 unspecified atom stereocenters. The molecule has 1 heterocycles. The van der Waals surface area contributed by atoms with Crippen LogP contribution in [0.3, 0.4) is 0 Å². The van der Waals surface area contributed by atoms with Crippen LogP contribution < -0.4 is 10.6 Å². The quantitative estimate of drug-likeness (QED) is 0.858. The SMILES string of the molecule is COC(=O)NC(=O)c1c(NC(=O)c2ccccc2F)sc2c1CCCC2. The van der Waals surface area contributed by atoms with Crippen molar-refractivity contribution in [2.45, 2.75) is 25.7 Å². The fourth-order valence-corrected chi connectivity index (χ4v) is 4.20. The minimum atomic E-state index is -0.878. The third-order valence-corrected chi connectivity index (χ3v) is 5.35. The monoisotopic (exact) mass is 376 g/mol. The van der Waals surface area contributed by atoms with Crippen molar-refractivity contribution in [1.29, 1.82) is 0 Å². The van der Waals surface area contributed by atoms with E-state index in [2.05, 4.69) is 15.4 Å². The number of rotatable bonds is 3. The summed E-state index contributed by atoms with van der Waals surface area (Å²) in [4.78, 5) is 37.3. The molecule has 1 aliphatic rings. The van der Waals surface area contributed by atoms with Crippen molar-refractivity contribution in [3.63, 3.8) is 0 Å². The van der Waals surface area contributed by atoms with Gasteiger partial charge >= 0.3 is 6.09 Å². The first-order chi connectivity index (χ1) is 12.5. The first-order valence-electron chi connectivity index (χ1n) is 8.11. The number of nitrogens with one attached hydrogen (secondary N) is 2. The molecule has 1 aliphatic carbocycles. The molecule has 0 radical (unpaired) electrons. The standard InChI is InChI=1S/C18H17FN2O4S/c1-25-18(24)21-16(23)14-11-7-3-5-9-13(11)26-17(14)20-15(22)10-6-2-4-8-12(10)19/h2,4,6,8H,3,5,7,9H2,1H3,(H,20,22)(H,21,23,24). The van der Waals surface area contributed by atoms with E-state index in [4.69, 9.17) is 0 Å². The molecule has 0 aliphatic heterocycles. The van der Waals surface area contributed by atoms with Gasteiger partial charge in [-0.3, -0.25) is 14.9 Å². The third-order valence-electron chi connectivity index (χ3n) is 4.14. The lowest BCUT2D eigenvalue weighted by Crippen LogP contribution is -2.31. The van der Waals surface area contributed by atoms with E-state index in [1.165, 1.54) is 29.5 Å². The Morgan fingerprint density at radius 2 is 1.85 bits per heavy atom. The first-order valence-corrected chi connectivity index (χ1v) is 8.92. The maximum Gasteiger partial charge on any atom is 0.413 e. The second kappa shape index (κ2) is 7.65. The summed E-state index contributed by atoms with van der Waals surface area (Å²) < 4.78 is 18.3. The molecule has 2 aromatic rings. The van der Waals surface area contributed by atoms with Crippen molar-refractivity contribution < 1.29 is 23.5 Å². The summed E-state index contributed by atoms with van der Waals surface area (Å²) in [6.45, 7) is 0. The van der Waals surface area contributed by atoms with Crippen LogP contribution in [0.15, 0.2) is 24.3 Å². The number of hydrogen-bond donors (Lipinski definition) is 2. The van der Waals surface area contributed by atoms with Gasteiger partial charge in [-0.05, 0) is 43.4 Å². The molecule has 0 saturated carbocycles. The van der Waals surface area contributed by atoms with Gasteiger partial charge in [0.15, 0.2) is 0 Å². The number of alkyl carbamates (subject to hydrolysis) is 1. The van der Waals surface area contributed by atoms with Gasteiger partial charge in [0.1, 0.15) is 10.8 Å². The van der Waals surface area contributed by atoms with Crippen LogP contribution in [0.1, 0.15) is 44.0 Å². The van der Waals surface area contributed by atoms with E-state index in [1.54, 1.807) is 6.07 Å². The highest BCUT2D eigenvalue weighted by atomic mass is 32.1. The van der Waals surface area contributed by atoms with Gasteiger partial charge in [-0.2, -0.15) is 0 Å². The van der Waals surface area contributed by atoms with Crippen LogP contribution in [0.5, 0.6) is 0 Å². The Kier molecular flexibility index (Phi) is 5.32. The maximum atomic E-state index is 13.8. The average molecular weight is 376 g/mol. The maximum absolute atomic E-state index is 13.8. The lowest BCUT2D eigenvalue weighted by atomic mass is 9.95. The predicted molar refractivity (Wildman–Crippen MR) is 95.2 cm³/mol. The second-order valence-corrected chi connectivity index (χ2v) is 6.90. The van der Waals surface area contributed by atoms with E-state index in [9.17, 15) is 18.8 Å². The highest BCUT2D eigenvalue weighted by Crippen LogP contribution is 2.38. The molecule has 3 rings (SSSR count). The van der Waals surface area contributed by atoms with E-state index < -0.39 is 23.7 Å².